The number of hydrogen-bond donors (Lipinski definition) is 1. The van der Waals surface area contributed by atoms with Crippen molar-refractivity contribution in [3.05, 3.63) is 72.1 Å². The summed E-state index contributed by atoms with van der Waals surface area (Å²) in [6.07, 6.45) is 4.79. The van der Waals surface area contributed by atoms with E-state index in [2.05, 4.69) is 39.6 Å². The lowest BCUT2D eigenvalue weighted by Crippen LogP contribution is -2.51. The van der Waals surface area contributed by atoms with Gasteiger partial charge in [0.2, 0.25) is 0 Å². The molecule has 2 amide bonds. The largest absolute Gasteiger partial charge is 0.334 e. The Balaban J connectivity index is 1.23. The van der Waals surface area contributed by atoms with E-state index in [1.165, 1.54) is 5.56 Å². The lowest BCUT2D eigenvalue weighted by Gasteiger charge is -2.34. The summed E-state index contributed by atoms with van der Waals surface area (Å²) in [5, 5.41) is 7.34. The molecular formula is C21H25N5O. The van der Waals surface area contributed by atoms with Crippen LogP contribution in [0.1, 0.15) is 11.1 Å². The highest BCUT2D eigenvalue weighted by molar-refractivity contribution is 5.74. The van der Waals surface area contributed by atoms with Gasteiger partial charge in [0.1, 0.15) is 0 Å². The van der Waals surface area contributed by atoms with Crippen LogP contribution in [0.15, 0.2) is 60.9 Å². The molecule has 1 aliphatic rings. The first-order chi connectivity index (χ1) is 13.3. The lowest BCUT2D eigenvalue weighted by molar-refractivity contribution is 0.140. The fourth-order valence-corrected chi connectivity index (χ4v) is 3.51. The fourth-order valence-electron chi connectivity index (χ4n) is 3.51. The SMILES string of the molecule is O=C(NCc1cnn2ccccc12)N1CCN(CCc2ccccc2)CC1. The molecule has 0 spiro atoms. The molecule has 3 aromatic rings. The van der Waals surface area contributed by atoms with Crippen molar-refractivity contribution in [1.82, 2.24) is 24.7 Å². The number of rotatable bonds is 5. The number of urea groups is 1. The summed E-state index contributed by atoms with van der Waals surface area (Å²) in [4.78, 5) is 16.8. The number of carbonyl (C=O) groups is 1. The molecule has 0 atom stereocenters. The Morgan fingerprint density at radius 3 is 2.59 bits per heavy atom. The summed E-state index contributed by atoms with van der Waals surface area (Å²) in [7, 11) is 0. The van der Waals surface area contributed by atoms with E-state index in [9.17, 15) is 4.79 Å². The average molecular weight is 363 g/mol. The standard InChI is InChI=1S/C21H25N5O/c27-21(22-16-19-17-23-26-10-5-4-8-20(19)26)25-14-12-24(13-15-25)11-9-18-6-2-1-3-7-18/h1-8,10,17H,9,11-16H2,(H,22,27). The van der Waals surface area contributed by atoms with Gasteiger partial charge in [0.05, 0.1) is 11.7 Å². The van der Waals surface area contributed by atoms with Crippen molar-refractivity contribution in [1.29, 1.82) is 0 Å². The molecule has 2 aromatic heterocycles. The van der Waals surface area contributed by atoms with Crippen molar-refractivity contribution in [2.24, 2.45) is 0 Å². The molecule has 0 radical (unpaired) electrons. The smallest absolute Gasteiger partial charge is 0.317 e. The van der Waals surface area contributed by atoms with E-state index in [4.69, 9.17) is 0 Å². The van der Waals surface area contributed by atoms with Crippen LogP contribution in [0, 0.1) is 0 Å². The summed E-state index contributed by atoms with van der Waals surface area (Å²) in [6.45, 7) is 4.95. The Labute approximate surface area is 159 Å². The zero-order chi connectivity index (χ0) is 18.5. The zero-order valence-electron chi connectivity index (χ0n) is 15.4. The van der Waals surface area contributed by atoms with Crippen LogP contribution in [-0.2, 0) is 13.0 Å². The van der Waals surface area contributed by atoms with E-state index in [0.29, 0.717) is 6.54 Å². The van der Waals surface area contributed by atoms with Crippen LogP contribution >= 0.6 is 0 Å². The number of benzene rings is 1. The maximum Gasteiger partial charge on any atom is 0.317 e. The average Bonchev–Trinajstić information content (AvgIpc) is 3.15. The van der Waals surface area contributed by atoms with Crippen molar-refractivity contribution in [2.45, 2.75) is 13.0 Å². The highest BCUT2D eigenvalue weighted by Crippen LogP contribution is 2.10. The number of aromatic nitrogens is 2. The summed E-state index contributed by atoms with van der Waals surface area (Å²) < 4.78 is 1.83. The maximum atomic E-state index is 12.5. The van der Waals surface area contributed by atoms with Gasteiger partial charge in [0.25, 0.3) is 0 Å². The fraction of sp³-hybridized carbons (Fsp3) is 0.333. The van der Waals surface area contributed by atoms with Gasteiger partial charge in [-0.25, -0.2) is 9.31 Å². The molecule has 6 heteroatoms. The van der Waals surface area contributed by atoms with Crippen LogP contribution in [0.25, 0.3) is 5.52 Å². The van der Waals surface area contributed by atoms with Gasteiger partial charge in [-0.05, 0) is 24.1 Å². The first-order valence-electron chi connectivity index (χ1n) is 9.50. The van der Waals surface area contributed by atoms with E-state index in [-0.39, 0.29) is 6.03 Å². The van der Waals surface area contributed by atoms with Crippen LogP contribution in [0.4, 0.5) is 4.79 Å². The highest BCUT2D eigenvalue weighted by atomic mass is 16.2. The first kappa shape index (κ1) is 17.5. The number of piperazine rings is 1. The molecule has 1 fully saturated rings. The number of hydrogen-bond acceptors (Lipinski definition) is 3. The summed E-state index contributed by atoms with van der Waals surface area (Å²) >= 11 is 0. The monoisotopic (exact) mass is 363 g/mol. The van der Waals surface area contributed by atoms with Crippen LogP contribution in [-0.4, -0.2) is 58.2 Å². The topological polar surface area (TPSA) is 52.9 Å². The van der Waals surface area contributed by atoms with Gasteiger partial charge in [-0.2, -0.15) is 5.10 Å². The van der Waals surface area contributed by atoms with Crippen LogP contribution < -0.4 is 5.32 Å². The van der Waals surface area contributed by atoms with Gasteiger partial charge in [0, 0.05) is 51.0 Å². The Bertz CT molecular complexity index is 884. The van der Waals surface area contributed by atoms with E-state index in [1.807, 2.05) is 46.1 Å². The van der Waals surface area contributed by atoms with Crippen molar-refractivity contribution in [3.63, 3.8) is 0 Å². The number of nitrogens with one attached hydrogen (secondary N) is 1. The molecule has 1 aromatic carbocycles. The third-order valence-electron chi connectivity index (χ3n) is 5.16. The predicted octanol–water partition coefficient (Wildman–Crippen LogP) is 2.40. The Kier molecular flexibility index (Phi) is 5.34. The predicted molar refractivity (Wildman–Crippen MR) is 106 cm³/mol. The Morgan fingerprint density at radius 2 is 1.78 bits per heavy atom. The van der Waals surface area contributed by atoms with E-state index < -0.39 is 0 Å². The minimum atomic E-state index is 0.00740. The molecule has 6 nitrogen and oxygen atoms in total. The van der Waals surface area contributed by atoms with Crippen LogP contribution in [0.5, 0.6) is 0 Å². The van der Waals surface area contributed by atoms with Crippen LogP contribution in [0.2, 0.25) is 0 Å². The van der Waals surface area contributed by atoms with Gasteiger partial charge in [-0.15, -0.1) is 0 Å². The van der Waals surface area contributed by atoms with Gasteiger partial charge in [0.15, 0.2) is 0 Å². The normalized spacial score (nSPS) is 15.2. The number of pyridine rings is 1. The molecule has 1 aliphatic heterocycles. The lowest BCUT2D eigenvalue weighted by atomic mass is 10.1. The molecule has 140 valence electrons. The Morgan fingerprint density at radius 1 is 1.00 bits per heavy atom. The number of fused-ring (bicyclic) bond motifs is 1. The number of amides is 2. The zero-order valence-corrected chi connectivity index (χ0v) is 15.4. The number of nitrogens with zero attached hydrogens (tertiary/aromatic N) is 4. The van der Waals surface area contributed by atoms with E-state index in [0.717, 1.165) is 50.2 Å². The molecule has 0 unspecified atom stereocenters. The first-order valence-corrected chi connectivity index (χ1v) is 9.50. The Hall–Kier alpha value is -2.86. The van der Waals surface area contributed by atoms with E-state index in [1.54, 1.807) is 0 Å². The van der Waals surface area contributed by atoms with Gasteiger partial charge in [-0.3, -0.25) is 4.90 Å². The molecule has 1 saturated heterocycles. The highest BCUT2D eigenvalue weighted by Gasteiger charge is 2.20. The molecule has 0 bridgehead atoms. The summed E-state index contributed by atoms with van der Waals surface area (Å²) in [5.74, 6) is 0. The summed E-state index contributed by atoms with van der Waals surface area (Å²) in [6, 6.07) is 16.5. The minimum absolute atomic E-state index is 0.00740. The maximum absolute atomic E-state index is 12.5. The molecule has 3 heterocycles. The van der Waals surface area contributed by atoms with Crippen molar-refractivity contribution >= 4 is 11.5 Å². The van der Waals surface area contributed by atoms with Gasteiger partial charge >= 0.3 is 6.03 Å². The molecule has 0 aliphatic carbocycles. The van der Waals surface area contributed by atoms with Crippen molar-refractivity contribution in [2.75, 3.05) is 32.7 Å². The molecule has 1 N–H and O–H groups in total. The molecule has 0 saturated carbocycles. The van der Waals surface area contributed by atoms with Gasteiger partial charge < -0.3 is 10.2 Å². The third kappa shape index (κ3) is 4.28. The quantitative estimate of drug-likeness (QED) is 0.757. The third-order valence-corrected chi connectivity index (χ3v) is 5.16. The number of carbonyl (C=O) groups excluding carboxylic acids is 1. The second-order valence-corrected chi connectivity index (χ2v) is 6.92. The minimum Gasteiger partial charge on any atom is -0.334 e. The van der Waals surface area contributed by atoms with Crippen LogP contribution in [0.3, 0.4) is 0 Å². The van der Waals surface area contributed by atoms with Gasteiger partial charge in [-0.1, -0.05) is 36.4 Å². The second kappa shape index (κ2) is 8.22. The molecular weight excluding hydrogens is 338 g/mol. The second-order valence-electron chi connectivity index (χ2n) is 6.92. The summed E-state index contributed by atoms with van der Waals surface area (Å²) in [5.41, 5.74) is 3.43. The molecule has 27 heavy (non-hydrogen) atoms. The van der Waals surface area contributed by atoms with Crippen molar-refractivity contribution in [3.8, 4) is 0 Å². The van der Waals surface area contributed by atoms with Crippen molar-refractivity contribution < 1.29 is 4.79 Å². The molecule has 4 rings (SSSR count). The van der Waals surface area contributed by atoms with E-state index >= 15 is 0 Å².